The van der Waals surface area contributed by atoms with Crippen molar-refractivity contribution in [3.63, 3.8) is 0 Å². The minimum absolute atomic E-state index is 0.0390. The second kappa shape index (κ2) is 7.92. The highest BCUT2D eigenvalue weighted by Gasteiger charge is 2.13. The molecule has 0 aliphatic carbocycles. The van der Waals surface area contributed by atoms with Crippen LogP contribution in [0.15, 0.2) is 54.9 Å². The molecule has 28 heavy (non-hydrogen) atoms. The molecule has 0 radical (unpaired) electrons. The number of halogens is 1. The molecule has 0 atom stereocenters. The Morgan fingerprint density at radius 2 is 1.82 bits per heavy atom. The van der Waals surface area contributed by atoms with E-state index >= 15 is 0 Å². The third-order valence-electron chi connectivity index (χ3n) is 4.50. The fourth-order valence-electron chi connectivity index (χ4n) is 3.11. The van der Waals surface area contributed by atoms with Gasteiger partial charge in [-0.05, 0) is 43.2 Å². The van der Waals surface area contributed by atoms with Crippen LogP contribution < -0.4 is 15.0 Å². The Hall–Kier alpha value is -3.66. The van der Waals surface area contributed by atoms with Gasteiger partial charge in [0.15, 0.2) is 5.75 Å². The van der Waals surface area contributed by atoms with Gasteiger partial charge >= 0.3 is 0 Å². The van der Waals surface area contributed by atoms with Gasteiger partial charge in [0, 0.05) is 30.5 Å². The van der Waals surface area contributed by atoms with Gasteiger partial charge in [-0.25, -0.2) is 14.4 Å². The molecule has 2 aromatic carbocycles. The number of ether oxygens (including phenoxy) is 1. The van der Waals surface area contributed by atoms with Gasteiger partial charge in [-0.3, -0.25) is 0 Å². The molecule has 140 valence electrons. The number of aromatic nitrogens is 2. The van der Waals surface area contributed by atoms with E-state index in [1.54, 1.807) is 18.5 Å². The van der Waals surface area contributed by atoms with Crippen molar-refractivity contribution < 1.29 is 9.13 Å². The van der Waals surface area contributed by atoms with E-state index < -0.39 is 5.82 Å². The molecule has 1 N–H and O–H groups in total. The number of rotatable bonds is 5. The van der Waals surface area contributed by atoms with Crippen molar-refractivity contribution in [3.8, 4) is 17.6 Å². The van der Waals surface area contributed by atoms with Gasteiger partial charge < -0.3 is 15.0 Å². The summed E-state index contributed by atoms with van der Waals surface area (Å²) in [4.78, 5) is 10.8. The Labute approximate surface area is 162 Å². The molecule has 1 fully saturated rings. The van der Waals surface area contributed by atoms with E-state index in [9.17, 15) is 4.39 Å². The Morgan fingerprint density at radius 1 is 1.04 bits per heavy atom. The van der Waals surface area contributed by atoms with E-state index in [-0.39, 0.29) is 5.56 Å². The highest BCUT2D eigenvalue weighted by Crippen LogP contribution is 2.27. The van der Waals surface area contributed by atoms with Crippen molar-refractivity contribution in [1.29, 1.82) is 5.26 Å². The monoisotopic (exact) mass is 375 g/mol. The topological polar surface area (TPSA) is 74.1 Å². The molecule has 4 rings (SSSR count). The lowest BCUT2D eigenvalue weighted by Crippen LogP contribution is -2.17. The standard InChI is InChI=1S/C21H18FN5O/c22-20-7-6-16(10-15(20)12-23)26-21-24-13-19(14-25-21)28-18-5-3-4-17(11-18)27-8-1-2-9-27/h3-7,10-11,13-14H,1-2,8-9H2,(H,24,25,26). The summed E-state index contributed by atoms with van der Waals surface area (Å²) in [7, 11) is 0. The lowest BCUT2D eigenvalue weighted by molar-refractivity contribution is 0.478. The zero-order chi connectivity index (χ0) is 19.3. The van der Waals surface area contributed by atoms with Gasteiger partial charge in [0.25, 0.3) is 0 Å². The van der Waals surface area contributed by atoms with Gasteiger partial charge in [0.05, 0.1) is 18.0 Å². The quantitative estimate of drug-likeness (QED) is 0.701. The van der Waals surface area contributed by atoms with Crippen molar-refractivity contribution in [2.45, 2.75) is 12.8 Å². The summed E-state index contributed by atoms with van der Waals surface area (Å²) in [6, 6.07) is 13.9. The Balaban J connectivity index is 1.44. The van der Waals surface area contributed by atoms with Crippen LogP contribution in [0.25, 0.3) is 0 Å². The molecule has 0 bridgehead atoms. The van der Waals surface area contributed by atoms with Crippen LogP contribution in [-0.2, 0) is 0 Å². The molecule has 1 aliphatic heterocycles. The van der Waals surface area contributed by atoms with E-state index in [0.717, 1.165) is 24.5 Å². The van der Waals surface area contributed by atoms with Crippen LogP contribution in [-0.4, -0.2) is 23.1 Å². The normalized spacial score (nSPS) is 13.2. The van der Waals surface area contributed by atoms with E-state index in [1.165, 1.54) is 31.0 Å². The van der Waals surface area contributed by atoms with Gasteiger partial charge in [-0.2, -0.15) is 5.26 Å². The summed E-state index contributed by atoms with van der Waals surface area (Å²) in [5.41, 5.74) is 1.64. The molecule has 7 heteroatoms. The van der Waals surface area contributed by atoms with E-state index in [2.05, 4.69) is 26.3 Å². The van der Waals surface area contributed by atoms with Crippen molar-refractivity contribution >= 4 is 17.3 Å². The first-order valence-corrected chi connectivity index (χ1v) is 9.03. The van der Waals surface area contributed by atoms with E-state index in [4.69, 9.17) is 10.00 Å². The number of anilines is 3. The number of nitriles is 1. The summed E-state index contributed by atoms with van der Waals surface area (Å²) in [6.07, 6.45) is 5.56. The van der Waals surface area contributed by atoms with Crippen molar-refractivity contribution in [1.82, 2.24) is 9.97 Å². The average Bonchev–Trinajstić information content (AvgIpc) is 3.26. The van der Waals surface area contributed by atoms with Gasteiger partial charge in [0.2, 0.25) is 5.95 Å². The first-order chi connectivity index (χ1) is 13.7. The molecular weight excluding hydrogens is 357 g/mol. The van der Waals surface area contributed by atoms with Gasteiger partial charge in [-0.1, -0.05) is 6.07 Å². The highest BCUT2D eigenvalue weighted by atomic mass is 19.1. The smallest absolute Gasteiger partial charge is 0.227 e. The summed E-state index contributed by atoms with van der Waals surface area (Å²) in [5.74, 6) is 1.01. The molecule has 0 saturated carbocycles. The second-order valence-electron chi connectivity index (χ2n) is 6.47. The SMILES string of the molecule is N#Cc1cc(Nc2ncc(Oc3cccc(N4CCCC4)c3)cn2)ccc1F. The zero-order valence-electron chi connectivity index (χ0n) is 15.1. The summed E-state index contributed by atoms with van der Waals surface area (Å²) >= 11 is 0. The number of nitrogens with one attached hydrogen (secondary N) is 1. The van der Waals surface area contributed by atoms with Crippen LogP contribution in [0, 0.1) is 17.1 Å². The Bertz CT molecular complexity index is 1010. The van der Waals surface area contributed by atoms with E-state index in [1.807, 2.05) is 18.2 Å². The van der Waals surface area contributed by atoms with Crippen LogP contribution >= 0.6 is 0 Å². The Morgan fingerprint density at radius 3 is 2.57 bits per heavy atom. The maximum Gasteiger partial charge on any atom is 0.227 e. The molecule has 1 saturated heterocycles. The number of hydrogen-bond acceptors (Lipinski definition) is 6. The molecule has 6 nitrogen and oxygen atoms in total. The summed E-state index contributed by atoms with van der Waals surface area (Å²) in [6.45, 7) is 2.15. The van der Waals surface area contributed by atoms with Crippen LogP contribution in [0.3, 0.4) is 0 Å². The third-order valence-corrected chi connectivity index (χ3v) is 4.50. The lowest BCUT2D eigenvalue weighted by atomic mass is 10.2. The van der Waals surface area contributed by atoms with Crippen LogP contribution in [0.4, 0.5) is 21.7 Å². The largest absolute Gasteiger partial charge is 0.454 e. The van der Waals surface area contributed by atoms with Crippen LogP contribution in [0.1, 0.15) is 18.4 Å². The van der Waals surface area contributed by atoms with Crippen molar-refractivity contribution in [2.24, 2.45) is 0 Å². The molecule has 1 aliphatic rings. The zero-order valence-corrected chi connectivity index (χ0v) is 15.1. The maximum absolute atomic E-state index is 13.4. The predicted molar refractivity (Wildman–Crippen MR) is 104 cm³/mol. The maximum atomic E-state index is 13.4. The van der Waals surface area contributed by atoms with Crippen LogP contribution in [0.5, 0.6) is 11.5 Å². The predicted octanol–water partition coefficient (Wildman–Crippen LogP) is 4.62. The minimum Gasteiger partial charge on any atom is -0.454 e. The van der Waals surface area contributed by atoms with Gasteiger partial charge in [0.1, 0.15) is 17.6 Å². The lowest BCUT2D eigenvalue weighted by Gasteiger charge is -2.18. The minimum atomic E-state index is -0.561. The van der Waals surface area contributed by atoms with Crippen LogP contribution in [0.2, 0.25) is 0 Å². The molecule has 0 spiro atoms. The highest BCUT2D eigenvalue weighted by molar-refractivity contribution is 5.57. The van der Waals surface area contributed by atoms with Gasteiger partial charge in [-0.15, -0.1) is 0 Å². The number of hydrogen-bond donors (Lipinski definition) is 1. The van der Waals surface area contributed by atoms with E-state index in [0.29, 0.717) is 17.4 Å². The van der Waals surface area contributed by atoms with Crippen molar-refractivity contribution in [2.75, 3.05) is 23.3 Å². The second-order valence-corrected chi connectivity index (χ2v) is 6.47. The Kier molecular flexibility index (Phi) is 5.02. The average molecular weight is 375 g/mol. The molecule has 0 amide bonds. The third kappa shape index (κ3) is 4.01. The fraction of sp³-hybridized carbons (Fsp3) is 0.190. The first kappa shape index (κ1) is 17.7. The fourth-order valence-corrected chi connectivity index (χ4v) is 3.11. The molecule has 0 unspecified atom stereocenters. The molecular formula is C21H18FN5O. The first-order valence-electron chi connectivity index (χ1n) is 9.03. The number of nitrogens with zero attached hydrogens (tertiary/aromatic N) is 4. The van der Waals surface area contributed by atoms with Crippen molar-refractivity contribution in [3.05, 3.63) is 66.2 Å². The molecule has 2 heterocycles. The molecule has 3 aromatic rings. The molecule has 1 aromatic heterocycles. The summed E-state index contributed by atoms with van der Waals surface area (Å²) in [5, 5.41) is 11.8. The summed E-state index contributed by atoms with van der Waals surface area (Å²) < 4.78 is 19.3. The number of benzene rings is 2.